The van der Waals surface area contributed by atoms with Crippen LogP contribution in [0.2, 0.25) is 0 Å². The first-order chi connectivity index (χ1) is 9.51. The van der Waals surface area contributed by atoms with Crippen LogP contribution in [0.15, 0.2) is 22.7 Å². The fourth-order valence-corrected chi connectivity index (χ4v) is 1.65. The molecule has 0 unspecified atom stereocenters. The Kier molecular flexibility index (Phi) is 3.97. The largest absolute Gasteiger partial charge is 0.497 e. The number of aryl methyl sites for hydroxylation is 1. The van der Waals surface area contributed by atoms with Crippen molar-refractivity contribution in [3.05, 3.63) is 46.9 Å². The first-order valence-electron chi connectivity index (χ1n) is 5.74. The molecule has 1 heterocycles. The van der Waals surface area contributed by atoms with E-state index in [0.717, 1.165) is 12.1 Å². The van der Waals surface area contributed by atoms with Crippen molar-refractivity contribution in [2.45, 2.75) is 13.5 Å². The van der Waals surface area contributed by atoms with E-state index in [0.29, 0.717) is 11.5 Å². The van der Waals surface area contributed by atoms with E-state index in [4.69, 9.17) is 9.26 Å². The van der Waals surface area contributed by atoms with Crippen LogP contribution in [0, 0.1) is 18.6 Å². The zero-order valence-electron chi connectivity index (χ0n) is 10.9. The predicted molar refractivity (Wildman–Crippen MR) is 65.3 cm³/mol. The van der Waals surface area contributed by atoms with Gasteiger partial charge < -0.3 is 14.6 Å². The molecule has 0 radical (unpaired) electrons. The minimum atomic E-state index is -0.990. The molecule has 7 heteroatoms. The second-order valence-corrected chi connectivity index (χ2v) is 4.08. The van der Waals surface area contributed by atoms with Crippen molar-refractivity contribution in [1.29, 1.82) is 0 Å². The van der Waals surface area contributed by atoms with Gasteiger partial charge in [0.25, 0.3) is 5.91 Å². The number of carbonyl (C=O) groups excluding carboxylic acids is 1. The van der Waals surface area contributed by atoms with Crippen molar-refractivity contribution in [3.8, 4) is 5.75 Å². The van der Waals surface area contributed by atoms with E-state index in [1.54, 1.807) is 13.0 Å². The highest BCUT2D eigenvalue weighted by Crippen LogP contribution is 2.20. The predicted octanol–water partition coefficient (Wildman–Crippen LogP) is 2.20. The second kappa shape index (κ2) is 5.68. The minimum absolute atomic E-state index is 0.00340. The number of hydrogen-bond donors (Lipinski definition) is 1. The van der Waals surface area contributed by atoms with E-state index >= 15 is 0 Å². The lowest BCUT2D eigenvalue weighted by atomic mass is 10.1. The van der Waals surface area contributed by atoms with Crippen molar-refractivity contribution in [2.75, 3.05) is 7.11 Å². The summed E-state index contributed by atoms with van der Waals surface area (Å²) in [6.07, 6.45) is 0. The Morgan fingerprint density at radius 2 is 2.00 bits per heavy atom. The van der Waals surface area contributed by atoms with Crippen LogP contribution >= 0.6 is 0 Å². The molecule has 0 atom stereocenters. The van der Waals surface area contributed by atoms with Crippen LogP contribution < -0.4 is 10.1 Å². The number of benzene rings is 1. The third-order valence-electron chi connectivity index (χ3n) is 2.59. The molecule has 0 spiro atoms. The van der Waals surface area contributed by atoms with Gasteiger partial charge >= 0.3 is 0 Å². The second-order valence-electron chi connectivity index (χ2n) is 4.08. The van der Waals surface area contributed by atoms with Crippen LogP contribution in [-0.4, -0.2) is 18.2 Å². The molecule has 0 fully saturated rings. The summed E-state index contributed by atoms with van der Waals surface area (Å²) in [4.78, 5) is 11.8. The van der Waals surface area contributed by atoms with E-state index in [-0.39, 0.29) is 12.3 Å². The number of aromatic nitrogens is 1. The monoisotopic (exact) mass is 282 g/mol. The Morgan fingerprint density at radius 3 is 2.50 bits per heavy atom. The summed E-state index contributed by atoms with van der Waals surface area (Å²) in [5.74, 6) is -2.27. The van der Waals surface area contributed by atoms with Crippen LogP contribution in [0.1, 0.15) is 21.8 Å². The maximum Gasteiger partial charge on any atom is 0.257 e. The summed E-state index contributed by atoms with van der Waals surface area (Å²) >= 11 is 0. The van der Waals surface area contributed by atoms with Crippen LogP contribution in [0.25, 0.3) is 0 Å². The number of amides is 1. The molecule has 1 aromatic heterocycles. The summed E-state index contributed by atoms with van der Waals surface area (Å²) in [6, 6.07) is 3.50. The Morgan fingerprint density at radius 1 is 1.35 bits per heavy atom. The molecule has 0 aliphatic heterocycles. The fraction of sp³-hybridized carbons (Fsp3) is 0.231. The van der Waals surface area contributed by atoms with Gasteiger partial charge in [-0.3, -0.25) is 4.79 Å². The SMILES string of the molecule is COc1cc(F)c(C(=O)NCc2cc(C)on2)c(F)c1. The molecule has 20 heavy (non-hydrogen) atoms. The maximum atomic E-state index is 13.7. The van der Waals surface area contributed by atoms with Crippen LogP contribution in [-0.2, 0) is 6.54 Å². The number of nitrogens with one attached hydrogen (secondary N) is 1. The average molecular weight is 282 g/mol. The van der Waals surface area contributed by atoms with Gasteiger partial charge in [0.2, 0.25) is 0 Å². The number of methoxy groups -OCH3 is 1. The number of halogens is 2. The topological polar surface area (TPSA) is 64.4 Å². The lowest BCUT2D eigenvalue weighted by molar-refractivity contribution is 0.0941. The number of nitrogens with zero attached hydrogens (tertiary/aromatic N) is 1. The van der Waals surface area contributed by atoms with Gasteiger partial charge in [-0.2, -0.15) is 0 Å². The van der Waals surface area contributed by atoms with Gasteiger partial charge in [0.05, 0.1) is 13.7 Å². The van der Waals surface area contributed by atoms with Crippen molar-refractivity contribution in [2.24, 2.45) is 0 Å². The molecule has 0 aliphatic rings. The van der Waals surface area contributed by atoms with Crippen LogP contribution in [0.3, 0.4) is 0 Å². The smallest absolute Gasteiger partial charge is 0.257 e. The van der Waals surface area contributed by atoms with Gasteiger partial charge in [-0.15, -0.1) is 0 Å². The van der Waals surface area contributed by atoms with Gasteiger partial charge in [-0.1, -0.05) is 5.16 Å². The molecule has 2 aromatic rings. The molecule has 0 saturated heterocycles. The molecule has 0 saturated carbocycles. The van der Waals surface area contributed by atoms with E-state index in [1.807, 2.05) is 0 Å². The van der Waals surface area contributed by atoms with E-state index < -0.39 is 23.1 Å². The summed E-state index contributed by atoms with van der Waals surface area (Å²) in [5.41, 5.74) is -0.198. The molecule has 1 amide bonds. The Labute approximate surface area is 113 Å². The standard InChI is InChI=1S/C13H12F2N2O3/c1-7-3-8(17-20-7)6-16-13(18)12-10(14)4-9(19-2)5-11(12)15/h3-5H,6H2,1-2H3,(H,16,18). The summed E-state index contributed by atoms with van der Waals surface area (Å²) in [5, 5.41) is 6.02. The highest BCUT2D eigenvalue weighted by Gasteiger charge is 2.19. The Bertz CT molecular complexity index is 617. The van der Waals surface area contributed by atoms with E-state index in [1.165, 1.54) is 7.11 Å². The lowest BCUT2D eigenvalue weighted by Gasteiger charge is -2.07. The first-order valence-corrected chi connectivity index (χ1v) is 5.74. The van der Waals surface area contributed by atoms with Crippen molar-refractivity contribution in [1.82, 2.24) is 10.5 Å². The molecule has 0 bridgehead atoms. The third kappa shape index (κ3) is 2.93. The molecule has 5 nitrogen and oxygen atoms in total. The summed E-state index contributed by atoms with van der Waals surface area (Å²) < 4.78 is 36.8. The number of carbonyl (C=O) groups is 1. The molecular formula is C13H12F2N2O3. The van der Waals surface area contributed by atoms with Crippen molar-refractivity contribution >= 4 is 5.91 Å². The maximum absolute atomic E-state index is 13.7. The number of hydrogen-bond acceptors (Lipinski definition) is 4. The van der Waals surface area contributed by atoms with Gasteiger partial charge in [-0.25, -0.2) is 8.78 Å². The first kappa shape index (κ1) is 14.0. The normalized spacial score (nSPS) is 10.4. The molecule has 106 valence electrons. The Balaban J connectivity index is 2.13. The minimum Gasteiger partial charge on any atom is -0.497 e. The molecule has 2 rings (SSSR count). The molecular weight excluding hydrogens is 270 g/mol. The van der Waals surface area contributed by atoms with E-state index in [9.17, 15) is 13.6 Å². The fourth-order valence-electron chi connectivity index (χ4n) is 1.65. The Hall–Kier alpha value is -2.44. The highest BCUT2D eigenvalue weighted by atomic mass is 19.1. The molecule has 1 aromatic carbocycles. The lowest BCUT2D eigenvalue weighted by Crippen LogP contribution is -2.25. The highest BCUT2D eigenvalue weighted by molar-refractivity contribution is 5.94. The zero-order chi connectivity index (χ0) is 14.7. The summed E-state index contributed by atoms with van der Waals surface area (Å²) in [7, 11) is 1.28. The van der Waals surface area contributed by atoms with Gasteiger partial charge in [0, 0.05) is 18.2 Å². The van der Waals surface area contributed by atoms with Crippen molar-refractivity contribution in [3.63, 3.8) is 0 Å². The quantitative estimate of drug-likeness (QED) is 0.933. The third-order valence-corrected chi connectivity index (χ3v) is 2.59. The van der Waals surface area contributed by atoms with Crippen LogP contribution in [0.4, 0.5) is 8.78 Å². The number of rotatable bonds is 4. The van der Waals surface area contributed by atoms with Gasteiger partial charge in [0.15, 0.2) is 0 Å². The molecule has 1 N–H and O–H groups in total. The summed E-state index contributed by atoms with van der Waals surface area (Å²) in [6.45, 7) is 1.71. The average Bonchev–Trinajstić information content (AvgIpc) is 2.81. The van der Waals surface area contributed by atoms with Gasteiger partial charge in [-0.05, 0) is 6.92 Å². The van der Waals surface area contributed by atoms with Crippen LogP contribution in [0.5, 0.6) is 5.75 Å². The zero-order valence-corrected chi connectivity index (χ0v) is 10.9. The van der Waals surface area contributed by atoms with E-state index in [2.05, 4.69) is 10.5 Å². The molecule has 0 aliphatic carbocycles. The number of ether oxygens (including phenoxy) is 1. The van der Waals surface area contributed by atoms with Gasteiger partial charge in [0.1, 0.15) is 34.4 Å². The van der Waals surface area contributed by atoms with Crippen molar-refractivity contribution < 1.29 is 22.8 Å².